The minimum atomic E-state index is -0.00646. The Labute approximate surface area is 104 Å². The third kappa shape index (κ3) is 3.96. The Bertz CT molecular complexity index is 380. The largest absolute Gasteiger partial charge is 0.294 e. The van der Waals surface area contributed by atoms with Gasteiger partial charge in [-0.05, 0) is 23.6 Å². The zero-order valence-electron chi connectivity index (χ0n) is 9.10. The van der Waals surface area contributed by atoms with Gasteiger partial charge < -0.3 is 0 Å². The van der Waals surface area contributed by atoms with E-state index in [1.54, 1.807) is 12.1 Å². The minimum absolute atomic E-state index is 0.00646. The number of halogens is 2. The highest BCUT2D eigenvalue weighted by molar-refractivity contribution is 9.10. The molecule has 3 heteroatoms. The van der Waals surface area contributed by atoms with Crippen LogP contribution in [-0.4, -0.2) is 5.78 Å². The average molecular weight is 290 g/mol. The number of hydrogen-bond acceptors (Lipinski definition) is 1. The van der Waals surface area contributed by atoms with E-state index in [2.05, 4.69) is 15.9 Å². The van der Waals surface area contributed by atoms with Crippen molar-refractivity contribution in [2.75, 3.05) is 0 Å². The summed E-state index contributed by atoms with van der Waals surface area (Å²) in [6.45, 7) is 6.12. The summed E-state index contributed by atoms with van der Waals surface area (Å²) in [4.78, 5) is 11.9. The van der Waals surface area contributed by atoms with Crippen LogP contribution in [0.2, 0.25) is 5.02 Å². The van der Waals surface area contributed by atoms with Crippen molar-refractivity contribution in [3.05, 3.63) is 33.3 Å². The third-order valence-corrected chi connectivity index (χ3v) is 2.73. The third-order valence-electron chi connectivity index (χ3n) is 1.92. The molecule has 0 bridgehead atoms. The smallest absolute Gasteiger partial charge is 0.164 e. The second-order valence-electron chi connectivity index (χ2n) is 4.78. The first-order chi connectivity index (χ1) is 6.79. The van der Waals surface area contributed by atoms with E-state index >= 15 is 0 Å². The van der Waals surface area contributed by atoms with Gasteiger partial charge in [0.15, 0.2) is 5.78 Å². The number of benzene rings is 1. The Morgan fingerprint density at radius 1 is 1.40 bits per heavy atom. The molecule has 0 fully saturated rings. The highest BCUT2D eigenvalue weighted by atomic mass is 79.9. The fourth-order valence-corrected chi connectivity index (χ4v) is 2.07. The van der Waals surface area contributed by atoms with Crippen LogP contribution in [0, 0.1) is 5.41 Å². The fourth-order valence-electron chi connectivity index (χ4n) is 1.29. The first-order valence-electron chi connectivity index (χ1n) is 4.78. The van der Waals surface area contributed by atoms with Gasteiger partial charge in [-0.1, -0.05) is 48.3 Å². The molecule has 0 aliphatic carbocycles. The minimum Gasteiger partial charge on any atom is -0.294 e. The molecule has 1 aromatic rings. The van der Waals surface area contributed by atoms with Gasteiger partial charge in [-0.3, -0.25) is 4.79 Å². The highest BCUT2D eigenvalue weighted by Crippen LogP contribution is 2.26. The molecule has 0 N–H and O–H groups in total. The molecule has 1 aromatic carbocycles. The molecule has 0 amide bonds. The van der Waals surface area contributed by atoms with Gasteiger partial charge in [-0.2, -0.15) is 0 Å². The topological polar surface area (TPSA) is 17.1 Å². The van der Waals surface area contributed by atoms with E-state index in [9.17, 15) is 4.79 Å². The SMILES string of the molecule is CC(C)(C)CC(=O)c1ccc(Br)cc1Cl. The molecule has 0 unspecified atom stereocenters. The molecule has 0 aromatic heterocycles. The lowest BCUT2D eigenvalue weighted by molar-refractivity contribution is 0.0940. The zero-order valence-corrected chi connectivity index (χ0v) is 11.4. The molecular weight excluding hydrogens is 275 g/mol. The monoisotopic (exact) mass is 288 g/mol. The van der Waals surface area contributed by atoms with Gasteiger partial charge in [-0.25, -0.2) is 0 Å². The van der Waals surface area contributed by atoms with Crippen molar-refractivity contribution in [1.29, 1.82) is 0 Å². The normalized spacial score (nSPS) is 11.5. The Hall–Kier alpha value is -0.340. The predicted molar refractivity (Wildman–Crippen MR) is 67.6 cm³/mol. The van der Waals surface area contributed by atoms with Gasteiger partial charge in [0, 0.05) is 16.5 Å². The molecule has 0 aliphatic rings. The van der Waals surface area contributed by atoms with E-state index in [1.165, 1.54) is 0 Å². The van der Waals surface area contributed by atoms with Gasteiger partial charge in [0.25, 0.3) is 0 Å². The molecule has 0 saturated heterocycles. The van der Waals surface area contributed by atoms with Crippen LogP contribution in [0.15, 0.2) is 22.7 Å². The van der Waals surface area contributed by atoms with Crippen molar-refractivity contribution in [2.24, 2.45) is 5.41 Å². The van der Waals surface area contributed by atoms with Crippen LogP contribution < -0.4 is 0 Å². The molecule has 15 heavy (non-hydrogen) atoms. The number of rotatable bonds is 2. The quantitative estimate of drug-likeness (QED) is 0.720. The molecule has 82 valence electrons. The molecule has 0 saturated carbocycles. The van der Waals surface area contributed by atoms with Gasteiger partial charge in [0.1, 0.15) is 0 Å². The molecule has 0 aliphatic heterocycles. The number of carbonyl (C=O) groups excluding carboxylic acids is 1. The first kappa shape index (κ1) is 12.7. The maximum Gasteiger partial charge on any atom is 0.164 e. The lowest BCUT2D eigenvalue weighted by Gasteiger charge is -2.17. The van der Waals surface area contributed by atoms with Crippen molar-refractivity contribution >= 4 is 33.3 Å². The number of ketones is 1. The molecular formula is C12H14BrClO. The van der Waals surface area contributed by atoms with Gasteiger partial charge in [0.05, 0.1) is 5.02 Å². The molecule has 0 atom stereocenters. The summed E-state index contributed by atoms with van der Waals surface area (Å²) in [5, 5.41) is 0.513. The predicted octanol–water partition coefficient (Wildman–Crippen LogP) is 4.72. The summed E-state index contributed by atoms with van der Waals surface area (Å²) in [7, 11) is 0. The summed E-state index contributed by atoms with van der Waals surface area (Å²) in [5.74, 6) is 0.0972. The Morgan fingerprint density at radius 2 is 2.00 bits per heavy atom. The molecule has 1 rings (SSSR count). The fraction of sp³-hybridized carbons (Fsp3) is 0.417. The molecule has 1 nitrogen and oxygen atoms in total. The summed E-state index contributed by atoms with van der Waals surface area (Å²) >= 11 is 9.31. The van der Waals surface area contributed by atoms with Crippen molar-refractivity contribution in [2.45, 2.75) is 27.2 Å². The van der Waals surface area contributed by atoms with E-state index in [1.807, 2.05) is 26.8 Å². The van der Waals surface area contributed by atoms with E-state index in [0.717, 1.165) is 4.47 Å². The van der Waals surface area contributed by atoms with Crippen LogP contribution in [0.25, 0.3) is 0 Å². The summed E-state index contributed by atoms with van der Waals surface area (Å²) in [6.07, 6.45) is 0.508. The standard InChI is InChI=1S/C12H14BrClO/c1-12(2,3)7-11(15)9-5-4-8(13)6-10(9)14/h4-6H,7H2,1-3H3. The lowest BCUT2D eigenvalue weighted by Crippen LogP contribution is -2.13. The summed E-state index contributed by atoms with van der Waals surface area (Å²) in [6, 6.07) is 5.35. The van der Waals surface area contributed by atoms with Crippen LogP contribution in [-0.2, 0) is 0 Å². The zero-order chi connectivity index (χ0) is 11.6. The summed E-state index contributed by atoms with van der Waals surface area (Å²) in [5.41, 5.74) is 0.600. The maximum atomic E-state index is 11.9. The Balaban J connectivity index is 2.92. The van der Waals surface area contributed by atoms with Crippen LogP contribution in [0.3, 0.4) is 0 Å². The van der Waals surface area contributed by atoms with E-state index in [4.69, 9.17) is 11.6 Å². The van der Waals surface area contributed by atoms with Gasteiger partial charge >= 0.3 is 0 Å². The second-order valence-corrected chi connectivity index (χ2v) is 6.11. The average Bonchev–Trinajstić information content (AvgIpc) is 1.99. The van der Waals surface area contributed by atoms with Crippen LogP contribution in [0.5, 0.6) is 0 Å². The maximum absolute atomic E-state index is 11.9. The number of Topliss-reactive ketones (excluding diaryl/α,β-unsaturated/α-hetero) is 1. The van der Waals surface area contributed by atoms with E-state index < -0.39 is 0 Å². The Morgan fingerprint density at radius 3 is 2.47 bits per heavy atom. The van der Waals surface area contributed by atoms with Crippen LogP contribution in [0.1, 0.15) is 37.6 Å². The van der Waals surface area contributed by atoms with Crippen molar-refractivity contribution in [3.8, 4) is 0 Å². The molecule has 0 spiro atoms. The first-order valence-corrected chi connectivity index (χ1v) is 5.95. The molecule has 0 heterocycles. The van der Waals surface area contributed by atoms with Crippen LogP contribution in [0.4, 0.5) is 0 Å². The van der Waals surface area contributed by atoms with Crippen molar-refractivity contribution in [3.63, 3.8) is 0 Å². The van der Waals surface area contributed by atoms with E-state index in [0.29, 0.717) is 17.0 Å². The Kier molecular flexibility index (Phi) is 3.96. The lowest BCUT2D eigenvalue weighted by atomic mass is 9.88. The van der Waals surface area contributed by atoms with Gasteiger partial charge in [-0.15, -0.1) is 0 Å². The van der Waals surface area contributed by atoms with Crippen LogP contribution >= 0.6 is 27.5 Å². The van der Waals surface area contributed by atoms with Crippen molar-refractivity contribution in [1.82, 2.24) is 0 Å². The number of hydrogen-bond donors (Lipinski definition) is 0. The summed E-state index contributed by atoms with van der Waals surface area (Å²) < 4.78 is 0.889. The highest BCUT2D eigenvalue weighted by Gasteiger charge is 2.19. The van der Waals surface area contributed by atoms with Gasteiger partial charge in [0.2, 0.25) is 0 Å². The molecule has 0 radical (unpaired) electrons. The second kappa shape index (κ2) is 4.67. The number of carbonyl (C=O) groups is 1. The van der Waals surface area contributed by atoms with Crippen molar-refractivity contribution < 1.29 is 4.79 Å². The van der Waals surface area contributed by atoms with E-state index in [-0.39, 0.29) is 11.2 Å².